The summed E-state index contributed by atoms with van der Waals surface area (Å²) in [4.78, 5) is 37.2. The quantitative estimate of drug-likeness (QED) is 0.360. The third-order valence-corrected chi connectivity index (χ3v) is 4.94. The van der Waals surface area contributed by atoms with E-state index in [0.29, 0.717) is 0 Å². The molecular weight excluding hydrogens is 316 g/mol. The Morgan fingerprint density at radius 3 is 2.71 bits per heavy atom. The first kappa shape index (κ1) is 14.8. The number of fused-ring (bicyclic) bond motifs is 5. The molecule has 2 fully saturated rings. The highest BCUT2D eigenvalue weighted by molar-refractivity contribution is 6.24. The number of imide groups is 1. The van der Waals surface area contributed by atoms with E-state index in [-0.39, 0.29) is 17.1 Å². The van der Waals surface area contributed by atoms with Crippen LogP contribution in [0.25, 0.3) is 0 Å². The predicted molar refractivity (Wildman–Crippen MR) is 81.5 cm³/mol. The number of methoxy groups -OCH3 is 1. The fourth-order valence-electron chi connectivity index (χ4n) is 3.86. The van der Waals surface area contributed by atoms with Crippen molar-refractivity contribution in [2.24, 2.45) is 11.8 Å². The van der Waals surface area contributed by atoms with E-state index in [1.807, 2.05) is 0 Å². The van der Waals surface area contributed by atoms with Gasteiger partial charge in [-0.15, -0.1) is 0 Å². The Kier molecular flexibility index (Phi) is 2.86. The molecule has 1 aromatic rings. The van der Waals surface area contributed by atoms with Gasteiger partial charge < -0.3 is 9.47 Å². The summed E-state index contributed by atoms with van der Waals surface area (Å²) in [5.74, 6) is -1.82. The first-order valence-corrected chi connectivity index (χ1v) is 7.45. The molecule has 3 heterocycles. The van der Waals surface area contributed by atoms with E-state index in [9.17, 15) is 19.7 Å². The molecule has 8 nitrogen and oxygen atoms in total. The number of benzene rings is 1. The minimum absolute atomic E-state index is 0.0964. The van der Waals surface area contributed by atoms with Gasteiger partial charge in [-0.1, -0.05) is 12.2 Å². The normalized spacial score (nSPS) is 33.2. The Balaban J connectivity index is 1.82. The van der Waals surface area contributed by atoms with Crippen molar-refractivity contribution in [3.05, 3.63) is 40.5 Å². The highest BCUT2D eigenvalue weighted by Gasteiger charge is 2.66. The molecule has 3 aliphatic heterocycles. The van der Waals surface area contributed by atoms with Crippen LogP contribution in [0.3, 0.4) is 0 Å². The molecule has 0 N–H and O–H groups in total. The van der Waals surface area contributed by atoms with Crippen LogP contribution in [0.4, 0.5) is 11.4 Å². The zero-order valence-corrected chi connectivity index (χ0v) is 13.0. The molecule has 4 rings (SSSR count). The lowest BCUT2D eigenvalue weighted by Crippen LogP contribution is -2.38. The van der Waals surface area contributed by atoms with Crippen LogP contribution >= 0.6 is 0 Å². The third kappa shape index (κ3) is 1.71. The Bertz CT molecular complexity index is 819. The molecule has 124 valence electrons. The van der Waals surface area contributed by atoms with Crippen LogP contribution in [-0.4, -0.2) is 35.6 Å². The van der Waals surface area contributed by atoms with Gasteiger partial charge in [0, 0.05) is 12.1 Å². The largest absolute Gasteiger partial charge is 0.495 e. The summed E-state index contributed by atoms with van der Waals surface area (Å²) in [6.07, 6.45) is 3.16. The summed E-state index contributed by atoms with van der Waals surface area (Å²) in [5.41, 5.74) is -0.934. The lowest BCUT2D eigenvalue weighted by Gasteiger charge is -2.24. The van der Waals surface area contributed by atoms with E-state index in [0.717, 1.165) is 4.90 Å². The number of amides is 2. The third-order valence-electron chi connectivity index (χ3n) is 4.94. The van der Waals surface area contributed by atoms with E-state index >= 15 is 0 Å². The molecule has 0 radical (unpaired) electrons. The van der Waals surface area contributed by atoms with Crippen LogP contribution in [0.5, 0.6) is 5.75 Å². The number of nitro groups is 1. The Labute approximate surface area is 136 Å². The summed E-state index contributed by atoms with van der Waals surface area (Å²) in [6.45, 7) is 1.77. The maximum Gasteiger partial charge on any atom is 0.271 e. The summed E-state index contributed by atoms with van der Waals surface area (Å²) in [5, 5.41) is 11.0. The van der Waals surface area contributed by atoms with Crippen molar-refractivity contribution in [2.75, 3.05) is 12.0 Å². The molecule has 2 bridgehead atoms. The van der Waals surface area contributed by atoms with Crippen molar-refractivity contribution >= 4 is 23.2 Å². The van der Waals surface area contributed by atoms with Gasteiger partial charge in [-0.2, -0.15) is 0 Å². The second-order valence-corrected chi connectivity index (χ2v) is 6.25. The van der Waals surface area contributed by atoms with Crippen LogP contribution in [-0.2, 0) is 14.3 Å². The molecule has 3 aliphatic rings. The van der Waals surface area contributed by atoms with E-state index in [1.54, 1.807) is 19.1 Å². The number of hydrogen-bond donors (Lipinski definition) is 0. The smallest absolute Gasteiger partial charge is 0.271 e. The van der Waals surface area contributed by atoms with Crippen molar-refractivity contribution in [1.82, 2.24) is 0 Å². The van der Waals surface area contributed by atoms with Crippen LogP contribution in [0.15, 0.2) is 30.4 Å². The number of nitrogens with zero attached hydrogens (tertiary/aromatic N) is 2. The lowest BCUT2D eigenvalue weighted by atomic mass is 9.78. The van der Waals surface area contributed by atoms with Gasteiger partial charge in [0.2, 0.25) is 11.8 Å². The summed E-state index contributed by atoms with van der Waals surface area (Å²) < 4.78 is 10.9. The molecule has 0 aliphatic carbocycles. The number of non-ortho nitro benzene ring substituents is 1. The molecule has 4 atom stereocenters. The summed E-state index contributed by atoms with van der Waals surface area (Å²) in [6, 6.07) is 3.84. The van der Waals surface area contributed by atoms with Crippen LogP contribution in [0, 0.1) is 22.0 Å². The maximum absolute atomic E-state index is 12.9. The molecule has 24 heavy (non-hydrogen) atoms. The van der Waals surface area contributed by atoms with E-state index in [4.69, 9.17) is 9.47 Å². The van der Waals surface area contributed by atoms with Gasteiger partial charge in [-0.25, -0.2) is 4.90 Å². The monoisotopic (exact) mass is 330 g/mol. The van der Waals surface area contributed by atoms with Crippen molar-refractivity contribution in [1.29, 1.82) is 0 Å². The van der Waals surface area contributed by atoms with Gasteiger partial charge in [0.05, 0.1) is 35.6 Å². The fourth-order valence-corrected chi connectivity index (χ4v) is 3.86. The van der Waals surface area contributed by atoms with Crippen molar-refractivity contribution in [3.63, 3.8) is 0 Å². The number of carbonyl (C=O) groups is 2. The fraction of sp³-hybridized carbons (Fsp3) is 0.375. The second-order valence-electron chi connectivity index (χ2n) is 6.25. The van der Waals surface area contributed by atoms with Crippen molar-refractivity contribution in [3.8, 4) is 5.75 Å². The van der Waals surface area contributed by atoms with Crippen molar-refractivity contribution in [2.45, 2.75) is 18.6 Å². The topological polar surface area (TPSA) is 99.0 Å². The predicted octanol–water partition coefficient (Wildman–Crippen LogP) is 1.44. The van der Waals surface area contributed by atoms with E-state index in [2.05, 4.69) is 0 Å². The van der Waals surface area contributed by atoms with Gasteiger partial charge in [0.15, 0.2) is 0 Å². The first-order valence-electron chi connectivity index (χ1n) is 7.45. The van der Waals surface area contributed by atoms with Crippen LogP contribution < -0.4 is 9.64 Å². The molecular formula is C16H14N2O6. The summed E-state index contributed by atoms with van der Waals surface area (Å²) >= 11 is 0. The average Bonchev–Trinajstić information content (AvgIpc) is 3.15. The standard InChI is InChI=1S/C16H14N2O6/c1-16-6-5-11(24-16)12-13(16)15(20)17(14(12)19)9-7-8(18(21)22)3-4-10(9)23-2/h3-7,11-13H,1-2H3/t11-,12-,13-,16-/m1/s1. The molecule has 2 amide bonds. The number of rotatable bonds is 3. The number of hydrogen-bond acceptors (Lipinski definition) is 6. The molecule has 0 saturated carbocycles. The number of ether oxygens (including phenoxy) is 2. The molecule has 0 unspecified atom stereocenters. The molecule has 1 aromatic carbocycles. The minimum Gasteiger partial charge on any atom is -0.495 e. The molecule has 0 spiro atoms. The van der Waals surface area contributed by atoms with Gasteiger partial charge in [0.25, 0.3) is 5.69 Å². The number of nitro benzene ring substituents is 1. The first-order chi connectivity index (χ1) is 11.4. The van der Waals surface area contributed by atoms with E-state index in [1.165, 1.54) is 25.3 Å². The Hall–Kier alpha value is -2.74. The van der Waals surface area contributed by atoms with E-state index < -0.39 is 40.3 Å². The zero-order chi connectivity index (χ0) is 17.2. The molecule has 0 aromatic heterocycles. The molecule has 2 saturated heterocycles. The molecule has 8 heteroatoms. The number of anilines is 1. The Morgan fingerprint density at radius 1 is 1.33 bits per heavy atom. The minimum atomic E-state index is -0.815. The SMILES string of the molecule is COc1ccc([N+](=O)[O-])cc1N1C(=O)[C@@H]2[C@H]3C=C[C@@](C)(O3)[C@H]2C1=O. The van der Waals surface area contributed by atoms with Gasteiger partial charge in [0.1, 0.15) is 11.4 Å². The van der Waals surface area contributed by atoms with Crippen molar-refractivity contribution < 1.29 is 24.0 Å². The zero-order valence-electron chi connectivity index (χ0n) is 13.0. The average molecular weight is 330 g/mol. The summed E-state index contributed by atoms with van der Waals surface area (Å²) in [7, 11) is 1.38. The van der Waals surface area contributed by atoms with Gasteiger partial charge in [-0.05, 0) is 13.0 Å². The lowest BCUT2D eigenvalue weighted by molar-refractivity contribution is -0.384. The second kappa shape index (κ2) is 4.64. The Morgan fingerprint density at radius 2 is 2.08 bits per heavy atom. The highest BCUT2D eigenvalue weighted by Crippen LogP contribution is 2.53. The van der Waals surface area contributed by atoms with Crippen LogP contribution in [0.2, 0.25) is 0 Å². The highest BCUT2D eigenvalue weighted by atomic mass is 16.6. The number of carbonyl (C=O) groups excluding carboxylic acids is 2. The van der Waals surface area contributed by atoms with Crippen LogP contribution in [0.1, 0.15) is 6.92 Å². The maximum atomic E-state index is 12.9. The van der Waals surface area contributed by atoms with Gasteiger partial charge in [-0.3, -0.25) is 19.7 Å². The van der Waals surface area contributed by atoms with Gasteiger partial charge >= 0.3 is 0 Å².